The van der Waals surface area contributed by atoms with Crippen molar-refractivity contribution in [2.75, 3.05) is 44.6 Å². The summed E-state index contributed by atoms with van der Waals surface area (Å²) in [4.78, 5) is 11.0. The summed E-state index contributed by atoms with van der Waals surface area (Å²) in [6, 6.07) is 1.95. The van der Waals surface area contributed by atoms with Crippen molar-refractivity contribution in [2.45, 2.75) is 19.8 Å². The summed E-state index contributed by atoms with van der Waals surface area (Å²) in [7, 11) is 5.59. The average Bonchev–Trinajstić information content (AvgIpc) is 2.35. The predicted octanol–water partition coefficient (Wildman–Crippen LogP) is 1.55. The fourth-order valence-electron chi connectivity index (χ4n) is 1.48. The number of methoxy groups -OCH3 is 1. The smallest absolute Gasteiger partial charge is 0.134 e. The second kappa shape index (κ2) is 7.06. The Hall–Kier alpha value is -1.36. The van der Waals surface area contributed by atoms with Crippen molar-refractivity contribution in [3.8, 4) is 0 Å². The van der Waals surface area contributed by atoms with Gasteiger partial charge in [-0.3, -0.25) is 0 Å². The number of hydrogen-bond acceptors (Lipinski definition) is 5. The minimum Gasteiger partial charge on any atom is -0.383 e. The summed E-state index contributed by atoms with van der Waals surface area (Å²) in [6.45, 7) is 3.64. The minimum absolute atomic E-state index is 0.693. The van der Waals surface area contributed by atoms with Gasteiger partial charge in [-0.15, -0.1) is 0 Å². The molecule has 0 atom stereocenters. The predicted molar refractivity (Wildman–Crippen MR) is 70.7 cm³/mol. The average molecular weight is 238 g/mol. The molecule has 0 unspecified atom stereocenters. The van der Waals surface area contributed by atoms with E-state index in [0.717, 1.165) is 36.8 Å². The maximum atomic E-state index is 5.07. The molecule has 0 aliphatic heterocycles. The van der Waals surface area contributed by atoms with Gasteiger partial charge in [0.15, 0.2) is 0 Å². The quantitative estimate of drug-likeness (QED) is 0.781. The summed E-state index contributed by atoms with van der Waals surface area (Å²) in [5, 5.41) is 3.07. The molecule has 1 rings (SSSR count). The molecule has 0 bridgehead atoms. The zero-order valence-electron chi connectivity index (χ0n) is 11.2. The third-order valence-corrected chi connectivity index (χ3v) is 2.51. The monoisotopic (exact) mass is 238 g/mol. The molecule has 0 aliphatic rings. The number of likely N-dealkylation sites (N-methyl/N-ethyl adjacent to an activating group) is 1. The Labute approximate surface area is 103 Å². The maximum Gasteiger partial charge on any atom is 0.134 e. The molecule has 0 aromatic carbocycles. The highest BCUT2D eigenvalue weighted by molar-refractivity contribution is 5.48. The topological polar surface area (TPSA) is 50.3 Å². The molecule has 5 nitrogen and oxygen atoms in total. The van der Waals surface area contributed by atoms with Crippen LogP contribution in [0, 0.1) is 0 Å². The van der Waals surface area contributed by atoms with Crippen molar-refractivity contribution in [1.82, 2.24) is 9.97 Å². The molecular weight excluding hydrogens is 216 g/mol. The van der Waals surface area contributed by atoms with E-state index in [2.05, 4.69) is 27.1 Å². The van der Waals surface area contributed by atoms with Crippen LogP contribution >= 0.6 is 0 Å². The van der Waals surface area contributed by atoms with Gasteiger partial charge >= 0.3 is 0 Å². The van der Waals surface area contributed by atoms with Gasteiger partial charge in [0.1, 0.15) is 17.5 Å². The Morgan fingerprint density at radius 3 is 2.76 bits per heavy atom. The Balaban J connectivity index is 2.85. The molecule has 0 spiro atoms. The summed E-state index contributed by atoms with van der Waals surface area (Å²) >= 11 is 0. The van der Waals surface area contributed by atoms with E-state index in [1.54, 1.807) is 7.11 Å². The highest BCUT2D eigenvalue weighted by Crippen LogP contribution is 2.15. The van der Waals surface area contributed by atoms with Crippen molar-refractivity contribution >= 4 is 11.6 Å². The van der Waals surface area contributed by atoms with Crippen molar-refractivity contribution in [1.29, 1.82) is 0 Å². The first kappa shape index (κ1) is 13.7. The Kier molecular flexibility index (Phi) is 5.69. The third kappa shape index (κ3) is 4.19. The molecule has 1 aromatic heterocycles. The molecule has 1 heterocycles. The molecule has 17 heavy (non-hydrogen) atoms. The number of nitrogens with zero attached hydrogens (tertiary/aromatic N) is 3. The van der Waals surface area contributed by atoms with E-state index in [9.17, 15) is 0 Å². The van der Waals surface area contributed by atoms with Crippen LogP contribution < -0.4 is 10.2 Å². The van der Waals surface area contributed by atoms with E-state index >= 15 is 0 Å². The van der Waals surface area contributed by atoms with Crippen molar-refractivity contribution in [3.63, 3.8) is 0 Å². The zero-order valence-corrected chi connectivity index (χ0v) is 11.2. The number of aryl methyl sites for hydroxylation is 1. The second-order valence-electron chi connectivity index (χ2n) is 3.94. The zero-order chi connectivity index (χ0) is 12.7. The Morgan fingerprint density at radius 2 is 2.18 bits per heavy atom. The summed E-state index contributed by atoms with van der Waals surface area (Å²) in [5.41, 5.74) is 0. The van der Waals surface area contributed by atoms with Gasteiger partial charge in [0.25, 0.3) is 0 Å². The fourth-order valence-corrected chi connectivity index (χ4v) is 1.48. The molecule has 96 valence electrons. The van der Waals surface area contributed by atoms with Crippen LogP contribution in [0.1, 0.15) is 19.2 Å². The summed E-state index contributed by atoms with van der Waals surface area (Å²) < 4.78 is 5.07. The number of nitrogens with one attached hydrogen (secondary N) is 1. The number of ether oxygens (including phenoxy) is 1. The lowest BCUT2D eigenvalue weighted by Gasteiger charge is -2.19. The summed E-state index contributed by atoms with van der Waals surface area (Å²) in [5.74, 6) is 2.69. The maximum absolute atomic E-state index is 5.07. The van der Waals surface area contributed by atoms with Gasteiger partial charge in [-0.2, -0.15) is 0 Å². The number of anilines is 2. The van der Waals surface area contributed by atoms with Gasteiger partial charge in [0.2, 0.25) is 0 Å². The molecule has 0 fully saturated rings. The van der Waals surface area contributed by atoms with Crippen LogP contribution in [-0.4, -0.2) is 44.3 Å². The molecule has 1 aromatic rings. The van der Waals surface area contributed by atoms with Crippen LogP contribution in [0.5, 0.6) is 0 Å². The lowest BCUT2D eigenvalue weighted by atomic mass is 10.3. The van der Waals surface area contributed by atoms with E-state index in [1.807, 2.05) is 20.2 Å². The normalized spacial score (nSPS) is 10.4. The van der Waals surface area contributed by atoms with E-state index in [4.69, 9.17) is 4.74 Å². The van der Waals surface area contributed by atoms with Crippen LogP contribution in [0.25, 0.3) is 0 Å². The van der Waals surface area contributed by atoms with Gasteiger partial charge in [0, 0.05) is 40.2 Å². The molecular formula is C12H22N4O. The van der Waals surface area contributed by atoms with Crippen molar-refractivity contribution in [2.24, 2.45) is 0 Å². The lowest BCUT2D eigenvalue weighted by molar-refractivity contribution is 0.206. The standard InChI is InChI=1S/C12H22N4O/c1-5-6-10-14-11(13-2)9-12(15-10)16(3)7-8-17-4/h9H,5-8H2,1-4H3,(H,13,14,15). The number of rotatable bonds is 7. The highest BCUT2D eigenvalue weighted by atomic mass is 16.5. The molecule has 0 aliphatic carbocycles. The molecule has 0 saturated carbocycles. The van der Waals surface area contributed by atoms with Gasteiger partial charge in [-0.25, -0.2) is 9.97 Å². The van der Waals surface area contributed by atoms with Crippen LogP contribution in [0.2, 0.25) is 0 Å². The van der Waals surface area contributed by atoms with Crippen molar-refractivity contribution < 1.29 is 4.74 Å². The van der Waals surface area contributed by atoms with E-state index in [0.29, 0.717) is 6.61 Å². The largest absolute Gasteiger partial charge is 0.383 e. The Morgan fingerprint density at radius 1 is 1.41 bits per heavy atom. The van der Waals surface area contributed by atoms with Crippen LogP contribution in [0.3, 0.4) is 0 Å². The van der Waals surface area contributed by atoms with Gasteiger partial charge in [-0.1, -0.05) is 6.92 Å². The molecule has 0 amide bonds. The molecule has 1 N–H and O–H groups in total. The van der Waals surface area contributed by atoms with Crippen LogP contribution in [-0.2, 0) is 11.2 Å². The van der Waals surface area contributed by atoms with E-state index < -0.39 is 0 Å². The fraction of sp³-hybridized carbons (Fsp3) is 0.667. The first-order chi connectivity index (χ1) is 8.21. The van der Waals surface area contributed by atoms with Gasteiger partial charge < -0.3 is 15.0 Å². The van der Waals surface area contributed by atoms with Crippen LogP contribution in [0.4, 0.5) is 11.6 Å². The molecule has 0 radical (unpaired) electrons. The summed E-state index contributed by atoms with van der Waals surface area (Å²) in [6.07, 6.45) is 1.95. The lowest BCUT2D eigenvalue weighted by Crippen LogP contribution is -2.23. The first-order valence-corrected chi connectivity index (χ1v) is 5.97. The first-order valence-electron chi connectivity index (χ1n) is 5.97. The Bertz CT molecular complexity index is 343. The molecule has 5 heteroatoms. The van der Waals surface area contributed by atoms with Crippen molar-refractivity contribution in [3.05, 3.63) is 11.9 Å². The number of hydrogen-bond donors (Lipinski definition) is 1. The molecule has 0 saturated heterocycles. The van der Waals surface area contributed by atoms with Crippen LogP contribution in [0.15, 0.2) is 6.07 Å². The number of aromatic nitrogens is 2. The SMILES string of the molecule is CCCc1nc(NC)cc(N(C)CCOC)n1. The second-order valence-corrected chi connectivity index (χ2v) is 3.94. The van der Waals surface area contributed by atoms with Gasteiger partial charge in [-0.05, 0) is 6.42 Å². The minimum atomic E-state index is 0.693. The van der Waals surface area contributed by atoms with E-state index in [-0.39, 0.29) is 0 Å². The highest BCUT2D eigenvalue weighted by Gasteiger charge is 2.07. The van der Waals surface area contributed by atoms with E-state index in [1.165, 1.54) is 0 Å². The van der Waals surface area contributed by atoms with Gasteiger partial charge in [0.05, 0.1) is 6.61 Å². The third-order valence-electron chi connectivity index (χ3n) is 2.51.